The lowest BCUT2D eigenvalue weighted by Crippen LogP contribution is -2.52. The minimum absolute atomic E-state index is 0.00530. The third-order valence-electron chi connectivity index (χ3n) is 3.52. The van der Waals surface area contributed by atoms with E-state index in [0.29, 0.717) is 32.7 Å². The zero-order chi connectivity index (χ0) is 16.1. The third-order valence-corrected chi connectivity index (χ3v) is 3.52. The second kappa shape index (κ2) is 7.22. The lowest BCUT2D eigenvalue weighted by molar-refractivity contribution is -0.123. The van der Waals surface area contributed by atoms with Gasteiger partial charge in [-0.05, 0) is 26.0 Å². The molecule has 1 aliphatic heterocycles. The molecule has 2 rings (SSSR count). The molecular formula is C15H22N4O3. The summed E-state index contributed by atoms with van der Waals surface area (Å²) in [5, 5.41) is 2.85. The van der Waals surface area contributed by atoms with Gasteiger partial charge >= 0.3 is 0 Å². The molecule has 22 heavy (non-hydrogen) atoms. The Kier molecular flexibility index (Phi) is 5.32. The van der Waals surface area contributed by atoms with Gasteiger partial charge in [0.25, 0.3) is 11.5 Å². The second-order valence-corrected chi connectivity index (χ2v) is 5.70. The molecule has 1 aromatic heterocycles. The van der Waals surface area contributed by atoms with Crippen LogP contribution in [0.5, 0.6) is 0 Å². The number of nitrogens with one attached hydrogen (secondary N) is 2. The number of aromatic nitrogens is 1. The van der Waals surface area contributed by atoms with E-state index in [-0.39, 0.29) is 29.0 Å². The molecule has 2 heterocycles. The lowest BCUT2D eigenvalue weighted by atomic mass is 10.2. The van der Waals surface area contributed by atoms with Crippen molar-refractivity contribution >= 4 is 11.8 Å². The fraction of sp³-hybridized carbons (Fsp3) is 0.533. The first kappa shape index (κ1) is 16.2. The fourth-order valence-electron chi connectivity index (χ4n) is 2.44. The molecule has 0 bridgehead atoms. The molecule has 7 heteroatoms. The molecule has 0 aromatic carbocycles. The van der Waals surface area contributed by atoms with E-state index in [1.807, 2.05) is 18.7 Å². The van der Waals surface area contributed by atoms with Crippen LogP contribution in [0.4, 0.5) is 0 Å². The number of hydrogen-bond donors (Lipinski definition) is 2. The van der Waals surface area contributed by atoms with Crippen molar-refractivity contribution in [3.63, 3.8) is 0 Å². The quantitative estimate of drug-likeness (QED) is 0.797. The SMILES string of the molecule is CC(C)NC(=O)CN1CCN(C(=O)c2ccc[nH]c2=O)CC1. The highest BCUT2D eigenvalue weighted by atomic mass is 16.2. The predicted octanol–water partition coefficient (Wildman–Crippen LogP) is -0.343. The molecule has 1 fully saturated rings. The van der Waals surface area contributed by atoms with Crippen molar-refractivity contribution < 1.29 is 9.59 Å². The summed E-state index contributed by atoms with van der Waals surface area (Å²) >= 11 is 0. The summed E-state index contributed by atoms with van der Waals surface area (Å²) in [7, 11) is 0. The zero-order valence-corrected chi connectivity index (χ0v) is 13.0. The average Bonchev–Trinajstić information content (AvgIpc) is 2.47. The van der Waals surface area contributed by atoms with E-state index in [1.54, 1.807) is 11.0 Å². The normalized spacial score (nSPS) is 15.9. The van der Waals surface area contributed by atoms with E-state index in [4.69, 9.17) is 0 Å². The van der Waals surface area contributed by atoms with Gasteiger partial charge in [0.15, 0.2) is 0 Å². The van der Waals surface area contributed by atoms with E-state index in [9.17, 15) is 14.4 Å². The van der Waals surface area contributed by atoms with Crippen LogP contribution in [0.25, 0.3) is 0 Å². The first-order chi connectivity index (χ1) is 10.5. The summed E-state index contributed by atoms with van der Waals surface area (Å²) in [5.41, 5.74) is -0.209. The van der Waals surface area contributed by atoms with Crippen LogP contribution in [0.3, 0.4) is 0 Å². The van der Waals surface area contributed by atoms with Gasteiger partial charge in [-0.3, -0.25) is 19.3 Å². The monoisotopic (exact) mass is 306 g/mol. The molecule has 1 saturated heterocycles. The molecule has 2 amide bonds. The first-order valence-corrected chi connectivity index (χ1v) is 7.46. The number of hydrogen-bond acceptors (Lipinski definition) is 4. The number of carbonyl (C=O) groups excluding carboxylic acids is 2. The number of rotatable bonds is 4. The van der Waals surface area contributed by atoms with E-state index >= 15 is 0 Å². The Labute approximate surface area is 129 Å². The molecule has 7 nitrogen and oxygen atoms in total. The Morgan fingerprint density at radius 3 is 2.55 bits per heavy atom. The first-order valence-electron chi connectivity index (χ1n) is 7.46. The summed E-state index contributed by atoms with van der Waals surface area (Å²) in [5.74, 6) is -0.262. The highest BCUT2D eigenvalue weighted by Gasteiger charge is 2.24. The van der Waals surface area contributed by atoms with Gasteiger partial charge in [0.1, 0.15) is 5.56 Å². The second-order valence-electron chi connectivity index (χ2n) is 5.70. The van der Waals surface area contributed by atoms with Crippen molar-refractivity contribution in [3.05, 3.63) is 34.2 Å². The molecule has 0 saturated carbocycles. The minimum atomic E-state index is -0.369. The lowest BCUT2D eigenvalue weighted by Gasteiger charge is -2.34. The summed E-state index contributed by atoms with van der Waals surface area (Å²) in [6.45, 7) is 6.47. The van der Waals surface area contributed by atoms with E-state index < -0.39 is 0 Å². The maximum atomic E-state index is 12.3. The van der Waals surface area contributed by atoms with Gasteiger partial charge < -0.3 is 15.2 Å². The fourth-order valence-corrected chi connectivity index (χ4v) is 2.44. The highest BCUT2D eigenvalue weighted by molar-refractivity contribution is 5.93. The number of amides is 2. The van der Waals surface area contributed by atoms with Crippen molar-refractivity contribution in [1.29, 1.82) is 0 Å². The molecule has 0 unspecified atom stereocenters. The summed E-state index contributed by atoms with van der Waals surface area (Å²) in [6, 6.07) is 3.30. The predicted molar refractivity (Wildman–Crippen MR) is 82.7 cm³/mol. The molecule has 0 atom stereocenters. The number of carbonyl (C=O) groups is 2. The standard InChI is InChI=1S/C15H22N4O3/c1-11(2)17-13(20)10-18-6-8-19(9-7-18)15(22)12-4-3-5-16-14(12)21/h3-5,11H,6-10H2,1-2H3,(H,16,21)(H,17,20). The summed E-state index contributed by atoms with van der Waals surface area (Å²) < 4.78 is 0. The van der Waals surface area contributed by atoms with Gasteiger partial charge in [-0.2, -0.15) is 0 Å². The van der Waals surface area contributed by atoms with Gasteiger partial charge in [0.05, 0.1) is 6.54 Å². The average molecular weight is 306 g/mol. The molecule has 2 N–H and O–H groups in total. The van der Waals surface area contributed by atoms with E-state index in [2.05, 4.69) is 10.3 Å². The van der Waals surface area contributed by atoms with Crippen molar-refractivity contribution in [2.45, 2.75) is 19.9 Å². The number of aromatic amines is 1. The van der Waals surface area contributed by atoms with Crippen molar-refractivity contribution in [2.75, 3.05) is 32.7 Å². The number of nitrogens with zero attached hydrogens (tertiary/aromatic N) is 2. The number of pyridine rings is 1. The minimum Gasteiger partial charge on any atom is -0.353 e. The van der Waals surface area contributed by atoms with Crippen LogP contribution in [0.2, 0.25) is 0 Å². The van der Waals surface area contributed by atoms with Crippen LogP contribution in [0.1, 0.15) is 24.2 Å². The molecule has 1 aromatic rings. The van der Waals surface area contributed by atoms with Crippen LogP contribution < -0.4 is 10.9 Å². The number of piperazine rings is 1. The van der Waals surface area contributed by atoms with Crippen LogP contribution in [-0.2, 0) is 4.79 Å². The maximum Gasteiger partial charge on any atom is 0.260 e. The summed E-state index contributed by atoms with van der Waals surface area (Å²) in [6.07, 6.45) is 1.50. The van der Waals surface area contributed by atoms with Gasteiger partial charge in [0.2, 0.25) is 5.91 Å². The topological polar surface area (TPSA) is 85.5 Å². The Morgan fingerprint density at radius 2 is 1.95 bits per heavy atom. The molecule has 1 aliphatic rings. The smallest absolute Gasteiger partial charge is 0.260 e. The van der Waals surface area contributed by atoms with Gasteiger partial charge in [0, 0.05) is 38.4 Å². The Hall–Kier alpha value is -2.15. The third kappa shape index (κ3) is 4.17. The molecule has 0 spiro atoms. The van der Waals surface area contributed by atoms with Gasteiger partial charge in [-0.25, -0.2) is 0 Å². The maximum absolute atomic E-state index is 12.3. The van der Waals surface area contributed by atoms with Crippen LogP contribution in [0, 0.1) is 0 Å². The Balaban J connectivity index is 1.87. The van der Waals surface area contributed by atoms with Crippen LogP contribution >= 0.6 is 0 Å². The Morgan fingerprint density at radius 1 is 1.27 bits per heavy atom. The highest BCUT2D eigenvalue weighted by Crippen LogP contribution is 2.05. The van der Waals surface area contributed by atoms with Crippen LogP contribution in [-0.4, -0.2) is 65.4 Å². The molecule has 0 radical (unpaired) electrons. The largest absolute Gasteiger partial charge is 0.353 e. The van der Waals surface area contributed by atoms with Gasteiger partial charge in [-0.1, -0.05) is 0 Å². The molecule has 120 valence electrons. The summed E-state index contributed by atoms with van der Waals surface area (Å²) in [4.78, 5) is 41.8. The van der Waals surface area contributed by atoms with Crippen molar-refractivity contribution in [1.82, 2.24) is 20.1 Å². The van der Waals surface area contributed by atoms with Crippen molar-refractivity contribution in [2.24, 2.45) is 0 Å². The van der Waals surface area contributed by atoms with E-state index in [1.165, 1.54) is 12.3 Å². The van der Waals surface area contributed by atoms with Crippen LogP contribution in [0.15, 0.2) is 23.1 Å². The van der Waals surface area contributed by atoms with Gasteiger partial charge in [-0.15, -0.1) is 0 Å². The van der Waals surface area contributed by atoms with Crippen molar-refractivity contribution in [3.8, 4) is 0 Å². The molecular weight excluding hydrogens is 284 g/mol. The van der Waals surface area contributed by atoms with E-state index in [0.717, 1.165) is 0 Å². The molecule has 0 aliphatic carbocycles. The zero-order valence-electron chi connectivity index (χ0n) is 13.0. The number of H-pyrrole nitrogens is 1. The Bertz CT molecular complexity index is 588.